The van der Waals surface area contributed by atoms with Crippen LogP contribution in [0.2, 0.25) is 0 Å². The zero-order chi connectivity index (χ0) is 19.6. The summed E-state index contributed by atoms with van der Waals surface area (Å²) in [6, 6.07) is 5.74. The summed E-state index contributed by atoms with van der Waals surface area (Å²) >= 11 is 0. The summed E-state index contributed by atoms with van der Waals surface area (Å²) in [5.41, 5.74) is 1.02. The molecule has 28 heavy (non-hydrogen) atoms. The van der Waals surface area contributed by atoms with Crippen LogP contribution in [0.5, 0.6) is 11.5 Å². The van der Waals surface area contributed by atoms with Crippen molar-refractivity contribution >= 4 is 29.9 Å². The fourth-order valence-electron chi connectivity index (χ4n) is 2.45. The van der Waals surface area contributed by atoms with Crippen LogP contribution in [0.4, 0.5) is 0 Å². The van der Waals surface area contributed by atoms with Crippen LogP contribution in [0.1, 0.15) is 43.5 Å². The molecule has 0 amide bonds. The lowest BCUT2D eigenvalue weighted by molar-refractivity contribution is 0.368. The summed E-state index contributed by atoms with van der Waals surface area (Å²) in [5.74, 6) is 3.96. The number of halogens is 1. The molecule has 0 fully saturated rings. The number of hydrogen-bond donors (Lipinski definition) is 2. The van der Waals surface area contributed by atoms with Gasteiger partial charge in [0, 0.05) is 44.1 Å². The minimum Gasteiger partial charge on any atom is -0.497 e. The standard InChI is InChI=1S/C19H29N5O3.HI/c1-13(2)18-23-17(27-24-18)7-6-10-21-19(20-3)22-12-14-8-9-15(25-4)11-16(14)26-5;/h8-9,11,13H,6-7,10,12H2,1-5H3,(H2,20,21,22);1H. The number of ether oxygens (including phenoxy) is 2. The predicted molar refractivity (Wildman–Crippen MR) is 120 cm³/mol. The van der Waals surface area contributed by atoms with Crippen LogP contribution in [-0.4, -0.2) is 43.9 Å². The van der Waals surface area contributed by atoms with Crippen molar-refractivity contribution in [1.29, 1.82) is 0 Å². The topological polar surface area (TPSA) is 93.8 Å². The number of methoxy groups -OCH3 is 2. The first kappa shape index (κ1) is 24.0. The first-order valence-corrected chi connectivity index (χ1v) is 9.05. The first-order valence-electron chi connectivity index (χ1n) is 9.05. The Morgan fingerprint density at radius 1 is 1.21 bits per heavy atom. The second-order valence-electron chi connectivity index (χ2n) is 6.33. The molecular weight excluding hydrogens is 473 g/mol. The molecule has 0 unspecified atom stereocenters. The van der Waals surface area contributed by atoms with Gasteiger partial charge in [0.05, 0.1) is 14.2 Å². The summed E-state index contributed by atoms with van der Waals surface area (Å²) in [4.78, 5) is 8.62. The van der Waals surface area contributed by atoms with Gasteiger partial charge in [0.15, 0.2) is 11.8 Å². The first-order chi connectivity index (χ1) is 13.1. The molecule has 0 aliphatic rings. The SMILES string of the molecule is CN=C(NCCCc1nc(C(C)C)no1)NCc1ccc(OC)cc1OC.I. The lowest BCUT2D eigenvalue weighted by atomic mass is 10.2. The quantitative estimate of drug-likeness (QED) is 0.235. The summed E-state index contributed by atoms with van der Waals surface area (Å²) < 4.78 is 15.9. The Kier molecular flexibility index (Phi) is 10.6. The normalized spacial score (nSPS) is 11.1. The molecule has 2 aromatic rings. The lowest BCUT2D eigenvalue weighted by Crippen LogP contribution is -2.37. The molecule has 0 atom stereocenters. The number of aryl methyl sites for hydroxylation is 1. The van der Waals surface area contributed by atoms with Crippen molar-refractivity contribution in [3.8, 4) is 11.5 Å². The van der Waals surface area contributed by atoms with E-state index in [-0.39, 0.29) is 29.9 Å². The van der Waals surface area contributed by atoms with Gasteiger partial charge in [-0.2, -0.15) is 4.98 Å². The molecule has 0 radical (unpaired) electrons. The van der Waals surface area contributed by atoms with Gasteiger partial charge in [-0.1, -0.05) is 19.0 Å². The van der Waals surface area contributed by atoms with Gasteiger partial charge in [-0.05, 0) is 18.6 Å². The minimum atomic E-state index is 0. The second-order valence-corrected chi connectivity index (χ2v) is 6.33. The van der Waals surface area contributed by atoms with E-state index in [2.05, 4.69) is 25.8 Å². The highest BCUT2D eigenvalue weighted by Gasteiger charge is 2.09. The molecule has 1 aromatic carbocycles. The maximum atomic E-state index is 5.42. The van der Waals surface area contributed by atoms with E-state index in [1.54, 1.807) is 21.3 Å². The van der Waals surface area contributed by atoms with E-state index < -0.39 is 0 Å². The van der Waals surface area contributed by atoms with Crippen LogP contribution < -0.4 is 20.1 Å². The third-order valence-corrected chi connectivity index (χ3v) is 4.02. The average molecular weight is 503 g/mol. The Morgan fingerprint density at radius 3 is 2.61 bits per heavy atom. The minimum absolute atomic E-state index is 0. The largest absolute Gasteiger partial charge is 0.497 e. The van der Waals surface area contributed by atoms with Gasteiger partial charge in [-0.25, -0.2) is 0 Å². The number of hydrogen-bond acceptors (Lipinski definition) is 6. The van der Waals surface area contributed by atoms with Crippen LogP contribution >= 0.6 is 24.0 Å². The molecule has 0 saturated carbocycles. The highest BCUT2D eigenvalue weighted by atomic mass is 127. The molecule has 0 saturated heterocycles. The summed E-state index contributed by atoms with van der Waals surface area (Å²) in [7, 11) is 5.03. The van der Waals surface area contributed by atoms with Crippen molar-refractivity contribution in [2.24, 2.45) is 4.99 Å². The van der Waals surface area contributed by atoms with Crippen LogP contribution in [0.15, 0.2) is 27.7 Å². The predicted octanol–water partition coefficient (Wildman–Crippen LogP) is 3.13. The third kappa shape index (κ3) is 7.17. The van der Waals surface area contributed by atoms with Gasteiger partial charge in [-0.15, -0.1) is 24.0 Å². The number of nitrogens with zero attached hydrogens (tertiary/aromatic N) is 3. The van der Waals surface area contributed by atoms with E-state index in [1.165, 1.54) is 0 Å². The highest BCUT2D eigenvalue weighted by molar-refractivity contribution is 14.0. The summed E-state index contributed by atoms with van der Waals surface area (Å²) in [6.45, 7) is 5.43. The van der Waals surface area contributed by atoms with Crippen molar-refractivity contribution in [3.63, 3.8) is 0 Å². The van der Waals surface area contributed by atoms with Crippen molar-refractivity contribution < 1.29 is 14.0 Å². The molecule has 1 heterocycles. The highest BCUT2D eigenvalue weighted by Crippen LogP contribution is 2.24. The smallest absolute Gasteiger partial charge is 0.226 e. The molecule has 0 spiro atoms. The van der Waals surface area contributed by atoms with Crippen LogP contribution in [0.3, 0.4) is 0 Å². The zero-order valence-electron chi connectivity index (χ0n) is 17.1. The molecule has 1 aromatic heterocycles. The van der Waals surface area contributed by atoms with E-state index in [4.69, 9.17) is 14.0 Å². The Morgan fingerprint density at radius 2 is 2.00 bits per heavy atom. The van der Waals surface area contributed by atoms with Crippen molar-refractivity contribution in [3.05, 3.63) is 35.5 Å². The molecule has 0 aliphatic heterocycles. The molecule has 0 aliphatic carbocycles. The van der Waals surface area contributed by atoms with E-state index >= 15 is 0 Å². The second kappa shape index (κ2) is 12.4. The number of nitrogens with one attached hydrogen (secondary N) is 2. The van der Waals surface area contributed by atoms with Gasteiger partial charge in [-0.3, -0.25) is 4.99 Å². The van der Waals surface area contributed by atoms with Crippen LogP contribution in [0, 0.1) is 0 Å². The monoisotopic (exact) mass is 503 g/mol. The van der Waals surface area contributed by atoms with Gasteiger partial charge >= 0.3 is 0 Å². The maximum Gasteiger partial charge on any atom is 0.226 e. The number of benzene rings is 1. The third-order valence-electron chi connectivity index (χ3n) is 4.02. The van der Waals surface area contributed by atoms with Crippen molar-refractivity contribution in [1.82, 2.24) is 20.8 Å². The van der Waals surface area contributed by atoms with E-state index in [9.17, 15) is 0 Å². The van der Waals surface area contributed by atoms with E-state index in [1.807, 2.05) is 32.0 Å². The molecule has 2 rings (SSSR count). The van der Waals surface area contributed by atoms with Crippen molar-refractivity contribution in [2.75, 3.05) is 27.8 Å². The molecule has 0 bridgehead atoms. The number of aliphatic imine (C=N–C) groups is 1. The Balaban J connectivity index is 0.00000392. The Labute approximate surface area is 183 Å². The average Bonchev–Trinajstić information content (AvgIpc) is 3.16. The van der Waals surface area contributed by atoms with E-state index in [0.717, 1.165) is 48.2 Å². The van der Waals surface area contributed by atoms with Crippen LogP contribution in [-0.2, 0) is 13.0 Å². The summed E-state index contributed by atoms with van der Waals surface area (Å²) in [6.07, 6.45) is 1.60. The molecule has 9 heteroatoms. The molecule has 8 nitrogen and oxygen atoms in total. The molecule has 2 N–H and O–H groups in total. The Bertz CT molecular complexity index is 749. The van der Waals surface area contributed by atoms with Gasteiger partial charge < -0.3 is 24.6 Å². The molecular formula is C19H30IN5O3. The molecule has 156 valence electrons. The maximum absolute atomic E-state index is 5.42. The fraction of sp³-hybridized carbons (Fsp3) is 0.526. The zero-order valence-corrected chi connectivity index (χ0v) is 19.4. The van der Waals surface area contributed by atoms with Gasteiger partial charge in [0.1, 0.15) is 11.5 Å². The van der Waals surface area contributed by atoms with Crippen molar-refractivity contribution in [2.45, 2.75) is 39.2 Å². The van der Waals surface area contributed by atoms with Crippen LogP contribution in [0.25, 0.3) is 0 Å². The Hall–Kier alpha value is -2.04. The number of rotatable bonds is 9. The number of guanidine groups is 1. The number of aromatic nitrogens is 2. The van der Waals surface area contributed by atoms with Gasteiger partial charge in [0.25, 0.3) is 0 Å². The summed E-state index contributed by atoms with van der Waals surface area (Å²) in [5, 5.41) is 10.5. The van der Waals surface area contributed by atoms with Gasteiger partial charge in [0.2, 0.25) is 5.89 Å². The lowest BCUT2D eigenvalue weighted by Gasteiger charge is -2.14. The fourth-order valence-corrected chi connectivity index (χ4v) is 2.45. The van der Waals surface area contributed by atoms with E-state index in [0.29, 0.717) is 12.4 Å².